The van der Waals surface area contributed by atoms with Crippen molar-refractivity contribution in [1.29, 1.82) is 0 Å². The molecule has 3 heteroatoms. The average molecular weight is 222 g/mol. The van der Waals surface area contributed by atoms with Crippen molar-refractivity contribution < 1.29 is 13.2 Å². The van der Waals surface area contributed by atoms with Crippen LogP contribution in [0.25, 0.3) is 11.1 Å². The van der Waals surface area contributed by atoms with Crippen LogP contribution in [0, 0.1) is 24.4 Å². The minimum atomic E-state index is -1.42. The molecule has 0 radical (unpaired) electrons. The minimum Gasteiger partial charge on any atom is -0.204 e. The largest absolute Gasteiger partial charge is 0.204 e. The molecule has 16 heavy (non-hydrogen) atoms. The first-order chi connectivity index (χ1) is 7.61. The van der Waals surface area contributed by atoms with Crippen LogP contribution in [-0.2, 0) is 0 Å². The van der Waals surface area contributed by atoms with Gasteiger partial charge in [-0.15, -0.1) is 0 Å². The van der Waals surface area contributed by atoms with E-state index in [1.807, 2.05) is 0 Å². The van der Waals surface area contributed by atoms with Gasteiger partial charge < -0.3 is 0 Å². The van der Waals surface area contributed by atoms with Crippen LogP contribution in [0.2, 0.25) is 0 Å². The van der Waals surface area contributed by atoms with Gasteiger partial charge in [-0.3, -0.25) is 0 Å². The van der Waals surface area contributed by atoms with Gasteiger partial charge in [-0.25, -0.2) is 13.2 Å². The molecule has 0 amide bonds. The molecule has 82 valence electrons. The molecule has 0 unspecified atom stereocenters. The Labute approximate surface area is 91.4 Å². The van der Waals surface area contributed by atoms with Crippen LogP contribution in [0.4, 0.5) is 13.2 Å². The third-order valence-electron chi connectivity index (χ3n) is 2.49. The molecule has 0 bridgehead atoms. The van der Waals surface area contributed by atoms with Crippen LogP contribution < -0.4 is 0 Å². The third kappa shape index (κ3) is 1.69. The van der Waals surface area contributed by atoms with Gasteiger partial charge in [0.2, 0.25) is 0 Å². The van der Waals surface area contributed by atoms with E-state index >= 15 is 0 Å². The second-order valence-corrected chi connectivity index (χ2v) is 3.52. The summed E-state index contributed by atoms with van der Waals surface area (Å²) in [5.41, 5.74) is 1.15. The molecule has 2 aromatic carbocycles. The Kier molecular flexibility index (Phi) is 2.69. The number of benzene rings is 2. The van der Waals surface area contributed by atoms with E-state index in [1.165, 1.54) is 6.92 Å². The maximum atomic E-state index is 13.3. The van der Waals surface area contributed by atoms with Crippen molar-refractivity contribution in [2.75, 3.05) is 0 Å². The number of hydrogen-bond donors (Lipinski definition) is 0. The van der Waals surface area contributed by atoms with Gasteiger partial charge in [0.05, 0.1) is 0 Å². The fourth-order valence-corrected chi connectivity index (χ4v) is 1.60. The third-order valence-corrected chi connectivity index (χ3v) is 2.49. The van der Waals surface area contributed by atoms with E-state index in [1.54, 1.807) is 30.3 Å². The van der Waals surface area contributed by atoms with Gasteiger partial charge >= 0.3 is 0 Å². The molecule has 0 saturated carbocycles. The van der Waals surface area contributed by atoms with Crippen LogP contribution in [-0.4, -0.2) is 0 Å². The van der Waals surface area contributed by atoms with Gasteiger partial charge in [0.1, 0.15) is 0 Å². The molecule has 2 rings (SSSR count). The average Bonchev–Trinajstić information content (AvgIpc) is 2.32. The first kappa shape index (κ1) is 10.7. The maximum absolute atomic E-state index is 13.3. The Morgan fingerprint density at radius 2 is 1.50 bits per heavy atom. The van der Waals surface area contributed by atoms with Gasteiger partial charge in [-0.2, -0.15) is 0 Å². The van der Waals surface area contributed by atoms with E-state index in [2.05, 4.69) is 0 Å². The Balaban J connectivity index is 2.68. The van der Waals surface area contributed by atoms with E-state index in [0.29, 0.717) is 11.1 Å². The summed E-state index contributed by atoms with van der Waals surface area (Å²) in [4.78, 5) is 0. The van der Waals surface area contributed by atoms with Crippen LogP contribution in [0.5, 0.6) is 0 Å². The normalized spacial score (nSPS) is 10.5. The molecule has 0 atom stereocenters. The summed E-state index contributed by atoms with van der Waals surface area (Å²) in [5, 5.41) is 0. The van der Waals surface area contributed by atoms with E-state index < -0.39 is 17.5 Å². The van der Waals surface area contributed by atoms with E-state index in [9.17, 15) is 13.2 Å². The van der Waals surface area contributed by atoms with Crippen molar-refractivity contribution in [3.63, 3.8) is 0 Å². The first-order valence-corrected chi connectivity index (χ1v) is 4.80. The van der Waals surface area contributed by atoms with Crippen molar-refractivity contribution >= 4 is 0 Å². The van der Waals surface area contributed by atoms with Crippen molar-refractivity contribution in [3.05, 3.63) is 59.4 Å². The Hall–Kier alpha value is -1.77. The van der Waals surface area contributed by atoms with E-state index in [-0.39, 0.29) is 5.56 Å². The zero-order valence-electron chi connectivity index (χ0n) is 8.60. The summed E-state index contributed by atoms with van der Waals surface area (Å²) >= 11 is 0. The quantitative estimate of drug-likeness (QED) is 0.638. The lowest BCUT2D eigenvalue weighted by Crippen LogP contribution is -1.97. The van der Waals surface area contributed by atoms with E-state index in [0.717, 1.165) is 6.07 Å². The van der Waals surface area contributed by atoms with Crippen molar-refractivity contribution in [1.82, 2.24) is 0 Å². The van der Waals surface area contributed by atoms with Gasteiger partial charge in [-0.05, 0) is 29.7 Å². The lowest BCUT2D eigenvalue weighted by Gasteiger charge is -2.08. The highest BCUT2D eigenvalue weighted by Gasteiger charge is 2.16. The summed E-state index contributed by atoms with van der Waals surface area (Å²) in [5.74, 6) is -3.71. The first-order valence-electron chi connectivity index (χ1n) is 4.80. The molecule has 0 fully saturated rings. The van der Waals surface area contributed by atoms with Crippen LogP contribution in [0.1, 0.15) is 5.56 Å². The summed E-state index contributed by atoms with van der Waals surface area (Å²) in [6, 6.07) is 9.78. The molecular formula is C13H9F3. The van der Waals surface area contributed by atoms with Crippen molar-refractivity contribution in [2.24, 2.45) is 0 Å². The van der Waals surface area contributed by atoms with Crippen LogP contribution in [0.15, 0.2) is 36.4 Å². The fourth-order valence-electron chi connectivity index (χ4n) is 1.60. The van der Waals surface area contributed by atoms with Gasteiger partial charge in [0, 0.05) is 0 Å². The summed E-state index contributed by atoms with van der Waals surface area (Å²) in [6.07, 6.45) is 0. The molecule has 0 nitrogen and oxygen atoms in total. The second kappa shape index (κ2) is 4.00. The highest BCUT2D eigenvalue weighted by atomic mass is 19.2. The van der Waals surface area contributed by atoms with Gasteiger partial charge in [0.15, 0.2) is 17.5 Å². The van der Waals surface area contributed by atoms with Crippen LogP contribution in [0.3, 0.4) is 0 Å². The molecular weight excluding hydrogens is 213 g/mol. The number of halogens is 3. The van der Waals surface area contributed by atoms with Crippen LogP contribution >= 0.6 is 0 Å². The lowest BCUT2D eigenvalue weighted by atomic mass is 10.00. The predicted molar refractivity (Wildman–Crippen MR) is 56.5 cm³/mol. The molecule has 0 spiro atoms. The Morgan fingerprint density at radius 1 is 0.875 bits per heavy atom. The lowest BCUT2D eigenvalue weighted by molar-refractivity contribution is 0.444. The van der Waals surface area contributed by atoms with Gasteiger partial charge in [-0.1, -0.05) is 30.3 Å². The topological polar surface area (TPSA) is 0 Å². The summed E-state index contributed by atoms with van der Waals surface area (Å²) < 4.78 is 39.4. The smallest absolute Gasteiger partial charge is 0.194 e. The van der Waals surface area contributed by atoms with Gasteiger partial charge in [0.25, 0.3) is 0 Å². The Bertz CT molecular complexity index is 518. The monoisotopic (exact) mass is 222 g/mol. The highest BCUT2D eigenvalue weighted by molar-refractivity contribution is 5.67. The molecule has 0 aromatic heterocycles. The standard InChI is InChI=1S/C13H9F3/c1-8-10(9-5-3-2-4-6-9)7-11(14)13(16)12(8)15/h2-7H,1H3. The fraction of sp³-hybridized carbons (Fsp3) is 0.0769. The molecule has 0 aliphatic heterocycles. The maximum Gasteiger partial charge on any atom is 0.194 e. The van der Waals surface area contributed by atoms with E-state index in [4.69, 9.17) is 0 Å². The number of rotatable bonds is 1. The molecule has 0 aliphatic rings. The summed E-state index contributed by atoms with van der Waals surface area (Å²) in [7, 11) is 0. The minimum absolute atomic E-state index is 0.116. The van der Waals surface area contributed by atoms with Crippen molar-refractivity contribution in [2.45, 2.75) is 6.92 Å². The zero-order valence-corrected chi connectivity index (χ0v) is 8.60. The van der Waals surface area contributed by atoms with Crippen molar-refractivity contribution in [3.8, 4) is 11.1 Å². The number of hydrogen-bond acceptors (Lipinski definition) is 0. The summed E-state index contributed by atoms with van der Waals surface area (Å²) in [6.45, 7) is 1.43. The zero-order chi connectivity index (χ0) is 11.7. The Morgan fingerprint density at radius 3 is 2.12 bits per heavy atom. The second-order valence-electron chi connectivity index (χ2n) is 3.52. The SMILES string of the molecule is Cc1c(-c2ccccc2)cc(F)c(F)c1F. The highest BCUT2D eigenvalue weighted by Crippen LogP contribution is 2.28. The molecule has 0 heterocycles. The predicted octanol–water partition coefficient (Wildman–Crippen LogP) is 4.08. The molecule has 2 aromatic rings. The molecule has 0 saturated heterocycles. The molecule has 0 N–H and O–H groups in total. The molecule has 0 aliphatic carbocycles.